The van der Waals surface area contributed by atoms with Crippen LogP contribution in [0.5, 0.6) is 5.75 Å². The molecule has 0 saturated heterocycles. The van der Waals surface area contributed by atoms with Crippen LogP contribution in [0.25, 0.3) is 0 Å². The lowest BCUT2D eigenvalue weighted by Crippen LogP contribution is -2.38. The molecule has 0 unspecified atom stereocenters. The van der Waals surface area contributed by atoms with Gasteiger partial charge in [-0.1, -0.05) is 24.3 Å². The number of nitrogens with one attached hydrogen (secondary N) is 2. The van der Waals surface area contributed by atoms with Gasteiger partial charge in [0, 0.05) is 17.8 Å². The highest BCUT2D eigenvalue weighted by Gasteiger charge is 2.26. The fraction of sp³-hybridized carbons (Fsp3) is 0.190. The van der Waals surface area contributed by atoms with Crippen LogP contribution in [-0.2, 0) is 13.0 Å². The molecular weight excluding hydrogens is 440 g/mol. The zero-order chi connectivity index (χ0) is 22.7. The molecule has 11 heteroatoms. The minimum absolute atomic E-state index is 0.120. The Bertz CT molecular complexity index is 1150. The second kappa shape index (κ2) is 9.18. The number of hydrogen-bond acceptors (Lipinski definition) is 6. The van der Waals surface area contributed by atoms with E-state index in [0.29, 0.717) is 24.3 Å². The Balaban J connectivity index is 1.43. The van der Waals surface area contributed by atoms with Crippen molar-refractivity contribution < 1.29 is 23.1 Å². The first-order valence-corrected chi connectivity index (χ1v) is 10.5. The van der Waals surface area contributed by atoms with Crippen LogP contribution in [0.3, 0.4) is 0 Å². The van der Waals surface area contributed by atoms with E-state index in [1.807, 2.05) is 0 Å². The molecule has 0 atom stereocenters. The molecule has 0 spiro atoms. The molecule has 0 fully saturated rings. The van der Waals surface area contributed by atoms with Crippen molar-refractivity contribution in [1.29, 1.82) is 0 Å². The predicted molar refractivity (Wildman–Crippen MR) is 117 cm³/mol. The molecule has 3 amide bonds. The number of aromatic nitrogens is 1. The molecule has 1 aliphatic rings. The number of ether oxygens (including phenoxy) is 1. The summed E-state index contributed by atoms with van der Waals surface area (Å²) in [6, 6.07) is 12.4. The van der Waals surface area contributed by atoms with Gasteiger partial charge in [-0.3, -0.25) is 4.79 Å². The van der Waals surface area contributed by atoms with Crippen LogP contribution in [-0.4, -0.2) is 35.0 Å². The van der Waals surface area contributed by atoms with Gasteiger partial charge in [0.2, 0.25) is 0 Å². The van der Waals surface area contributed by atoms with Crippen molar-refractivity contribution in [1.82, 2.24) is 9.88 Å². The number of thiazole rings is 1. The van der Waals surface area contributed by atoms with E-state index in [0.717, 1.165) is 10.6 Å². The van der Waals surface area contributed by atoms with Crippen LogP contribution < -0.4 is 21.1 Å². The number of nitrogen functional groups attached to an aromatic ring is 1. The third-order valence-electron chi connectivity index (χ3n) is 4.77. The average Bonchev–Trinajstić information content (AvgIpc) is 3.20. The number of alkyl halides is 2. The quantitative estimate of drug-likeness (QED) is 0.496. The van der Waals surface area contributed by atoms with E-state index in [4.69, 9.17) is 5.73 Å². The molecule has 0 bridgehead atoms. The molecule has 1 aromatic heterocycles. The first kappa shape index (κ1) is 21.5. The Hall–Kier alpha value is -3.73. The number of benzene rings is 2. The smallest absolute Gasteiger partial charge is 0.387 e. The number of fused-ring (bicyclic) bond motifs is 1. The highest BCUT2D eigenvalue weighted by molar-refractivity contribution is 7.13. The molecule has 2 heterocycles. The van der Waals surface area contributed by atoms with E-state index >= 15 is 0 Å². The van der Waals surface area contributed by atoms with Gasteiger partial charge < -0.3 is 26.0 Å². The minimum Gasteiger partial charge on any atom is -0.433 e. The maximum Gasteiger partial charge on any atom is 0.387 e. The SMILES string of the molecule is Nc1ccccc1NC(=O)c1nc2c(s1)CN(C(=O)Nc1ccccc1OC(F)F)CC2. The van der Waals surface area contributed by atoms with E-state index in [1.54, 1.807) is 30.3 Å². The van der Waals surface area contributed by atoms with Gasteiger partial charge in [0.25, 0.3) is 5.91 Å². The maximum absolute atomic E-state index is 12.7. The maximum atomic E-state index is 12.7. The number of para-hydroxylation sites is 4. The lowest BCUT2D eigenvalue weighted by molar-refractivity contribution is -0.0493. The van der Waals surface area contributed by atoms with Crippen molar-refractivity contribution in [3.8, 4) is 5.75 Å². The number of carbonyl (C=O) groups is 2. The second-order valence-electron chi connectivity index (χ2n) is 6.91. The number of hydrogen-bond donors (Lipinski definition) is 3. The van der Waals surface area contributed by atoms with Gasteiger partial charge in [0.15, 0.2) is 5.01 Å². The third-order valence-corrected chi connectivity index (χ3v) is 5.85. The highest BCUT2D eigenvalue weighted by atomic mass is 32.1. The molecule has 1 aliphatic heterocycles. The van der Waals surface area contributed by atoms with Gasteiger partial charge in [0.05, 0.1) is 29.3 Å². The lowest BCUT2D eigenvalue weighted by Gasteiger charge is -2.26. The summed E-state index contributed by atoms with van der Waals surface area (Å²) >= 11 is 1.20. The summed E-state index contributed by atoms with van der Waals surface area (Å²) < 4.78 is 29.6. The fourth-order valence-electron chi connectivity index (χ4n) is 3.22. The number of urea groups is 1. The van der Waals surface area contributed by atoms with Gasteiger partial charge in [-0.2, -0.15) is 8.78 Å². The Kier molecular flexibility index (Phi) is 6.17. The second-order valence-corrected chi connectivity index (χ2v) is 7.99. The van der Waals surface area contributed by atoms with Crippen molar-refractivity contribution >= 4 is 40.3 Å². The number of amides is 3. The minimum atomic E-state index is -3.00. The predicted octanol–water partition coefficient (Wildman–Crippen LogP) is 4.17. The van der Waals surface area contributed by atoms with Gasteiger partial charge >= 0.3 is 12.6 Å². The molecule has 4 rings (SSSR count). The van der Waals surface area contributed by atoms with Crippen molar-refractivity contribution in [2.24, 2.45) is 0 Å². The van der Waals surface area contributed by atoms with Crippen LogP contribution in [0.1, 0.15) is 20.4 Å². The van der Waals surface area contributed by atoms with Crippen molar-refractivity contribution in [2.75, 3.05) is 22.9 Å². The van der Waals surface area contributed by atoms with E-state index in [2.05, 4.69) is 20.4 Å². The van der Waals surface area contributed by atoms with E-state index in [1.165, 1.54) is 34.4 Å². The Morgan fingerprint density at radius 3 is 2.56 bits per heavy atom. The van der Waals surface area contributed by atoms with Crippen LogP contribution in [0.2, 0.25) is 0 Å². The van der Waals surface area contributed by atoms with Crippen LogP contribution >= 0.6 is 11.3 Å². The first-order valence-electron chi connectivity index (χ1n) is 9.65. The summed E-state index contributed by atoms with van der Waals surface area (Å²) in [4.78, 5) is 32.0. The molecule has 3 aromatic rings. The molecule has 0 aliphatic carbocycles. The molecule has 166 valence electrons. The number of halogens is 2. The fourth-order valence-corrected chi connectivity index (χ4v) is 4.23. The Morgan fingerprint density at radius 2 is 1.81 bits per heavy atom. The van der Waals surface area contributed by atoms with Crippen LogP contribution in [0.4, 0.5) is 30.6 Å². The zero-order valence-electron chi connectivity index (χ0n) is 16.7. The largest absolute Gasteiger partial charge is 0.433 e. The van der Waals surface area contributed by atoms with Gasteiger partial charge in [-0.05, 0) is 24.3 Å². The highest BCUT2D eigenvalue weighted by Crippen LogP contribution is 2.29. The van der Waals surface area contributed by atoms with Gasteiger partial charge in [0.1, 0.15) is 5.75 Å². The molecule has 0 saturated carbocycles. The molecule has 0 radical (unpaired) electrons. The summed E-state index contributed by atoms with van der Waals surface area (Å²) in [6.07, 6.45) is 0.467. The van der Waals surface area contributed by atoms with E-state index < -0.39 is 12.6 Å². The molecule has 4 N–H and O–H groups in total. The van der Waals surface area contributed by atoms with Crippen molar-refractivity contribution in [3.05, 3.63) is 64.1 Å². The summed E-state index contributed by atoms with van der Waals surface area (Å²) in [6.45, 7) is -2.39. The topological polar surface area (TPSA) is 110 Å². The van der Waals surface area contributed by atoms with Gasteiger partial charge in [-0.15, -0.1) is 11.3 Å². The van der Waals surface area contributed by atoms with Crippen LogP contribution in [0, 0.1) is 0 Å². The number of nitrogens with two attached hydrogens (primary N) is 1. The third kappa shape index (κ3) is 4.78. The molecular formula is C21H19F2N5O3S. The standard InChI is InChI=1S/C21H19F2N5O3S/c22-20(23)31-16-8-4-3-7-14(16)27-21(30)28-10-9-15-17(11-28)32-19(26-15)18(29)25-13-6-2-1-5-12(13)24/h1-8,20H,9-11,24H2,(H,25,29)(H,27,30). The summed E-state index contributed by atoms with van der Waals surface area (Å²) in [5, 5.41) is 5.62. The van der Waals surface area contributed by atoms with Gasteiger partial charge in [-0.25, -0.2) is 9.78 Å². The van der Waals surface area contributed by atoms with Crippen molar-refractivity contribution in [3.63, 3.8) is 0 Å². The number of anilines is 3. The molecule has 2 aromatic carbocycles. The van der Waals surface area contributed by atoms with E-state index in [9.17, 15) is 18.4 Å². The Labute approximate surface area is 186 Å². The Morgan fingerprint density at radius 1 is 1.09 bits per heavy atom. The average molecular weight is 459 g/mol. The van der Waals surface area contributed by atoms with E-state index in [-0.39, 0.29) is 28.9 Å². The number of rotatable bonds is 5. The summed E-state index contributed by atoms with van der Waals surface area (Å²) in [7, 11) is 0. The summed E-state index contributed by atoms with van der Waals surface area (Å²) in [5.74, 6) is -0.498. The molecule has 32 heavy (non-hydrogen) atoms. The summed E-state index contributed by atoms with van der Waals surface area (Å²) in [5.41, 5.74) is 7.71. The monoisotopic (exact) mass is 459 g/mol. The zero-order valence-corrected chi connectivity index (χ0v) is 17.5. The van der Waals surface area contributed by atoms with Crippen LogP contribution in [0.15, 0.2) is 48.5 Å². The lowest BCUT2D eigenvalue weighted by atomic mass is 10.2. The number of carbonyl (C=O) groups excluding carboxylic acids is 2. The first-order chi connectivity index (χ1) is 15.4. The molecule has 8 nitrogen and oxygen atoms in total. The van der Waals surface area contributed by atoms with Crippen molar-refractivity contribution in [2.45, 2.75) is 19.6 Å². The normalized spacial score (nSPS) is 12.9. The number of nitrogens with zero attached hydrogens (tertiary/aromatic N) is 2.